The van der Waals surface area contributed by atoms with E-state index in [4.69, 9.17) is 5.10 Å². The second-order valence-corrected chi connectivity index (χ2v) is 9.20. The van der Waals surface area contributed by atoms with Crippen LogP contribution in [0.25, 0.3) is 0 Å². The Labute approximate surface area is 212 Å². The molecular formula is C32H30N2O2. The molecule has 2 atom stereocenters. The van der Waals surface area contributed by atoms with Gasteiger partial charge in [0.25, 0.3) is 0 Å². The highest BCUT2D eigenvalue weighted by Gasteiger charge is 2.48. The number of ketones is 1. The number of hydrogen-bond donors (Lipinski definition) is 1. The number of nitrogens with zero attached hydrogens (tertiary/aromatic N) is 2. The van der Waals surface area contributed by atoms with Crippen molar-refractivity contribution in [2.45, 2.75) is 31.3 Å². The van der Waals surface area contributed by atoms with E-state index in [-0.39, 0.29) is 5.78 Å². The number of rotatable bonds is 7. The van der Waals surface area contributed by atoms with Gasteiger partial charge in [-0.05, 0) is 49.1 Å². The summed E-state index contributed by atoms with van der Waals surface area (Å²) in [6.07, 6.45) is 3.30. The molecule has 0 amide bonds. The molecule has 36 heavy (non-hydrogen) atoms. The normalized spacial score (nSPS) is 18.4. The lowest BCUT2D eigenvalue weighted by Gasteiger charge is -2.39. The lowest BCUT2D eigenvalue weighted by Crippen LogP contribution is -2.48. The Hall–Kier alpha value is -4.02. The summed E-state index contributed by atoms with van der Waals surface area (Å²) in [5.41, 5.74) is 2.07. The first kappa shape index (κ1) is 23.7. The Morgan fingerprint density at radius 2 is 1.22 bits per heavy atom. The molecule has 180 valence electrons. The number of benzene rings is 4. The van der Waals surface area contributed by atoms with Crippen molar-refractivity contribution >= 4 is 22.9 Å². The van der Waals surface area contributed by atoms with Crippen LogP contribution in [-0.4, -0.2) is 16.6 Å². The zero-order valence-corrected chi connectivity index (χ0v) is 20.2. The number of hydrogen-bond acceptors (Lipinski definition) is 4. The first-order chi connectivity index (χ1) is 17.7. The standard InChI is InChI=1S/C32H30N2O2/c35-31(25-15-5-1-6-16-25)32(36,26-17-7-2-8-18-26)29-23-13-14-24-30(29)33-34(27-19-9-3-10-20-27)28-21-11-4-12-22-28/h1-12,15-22,29,36H,13-14,23-24H2/b33-30+. The number of aliphatic hydroxyl groups is 1. The van der Waals surface area contributed by atoms with E-state index in [0.717, 1.165) is 36.3 Å². The SMILES string of the molecule is O=C(c1ccccc1)C(O)(c1ccccc1)C1CCCC/C1=N\N(c1ccccc1)c1ccccc1. The first-order valence-electron chi connectivity index (χ1n) is 12.5. The van der Waals surface area contributed by atoms with Crippen LogP contribution in [-0.2, 0) is 5.60 Å². The van der Waals surface area contributed by atoms with Gasteiger partial charge < -0.3 is 5.11 Å². The molecule has 0 spiro atoms. The number of carbonyl (C=O) groups excluding carboxylic acids is 1. The average molecular weight is 475 g/mol. The Morgan fingerprint density at radius 3 is 1.78 bits per heavy atom. The number of para-hydroxylation sites is 2. The van der Waals surface area contributed by atoms with E-state index in [1.807, 2.05) is 114 Å². The van der Waals surface area contributed by atoms with Crippen molar-refractivity contribution in [3.8, 4) is 0 Å². The fourth-order valence-electron chi connectivity index (χ4n) is 5.09. The van der Waals surface area contributed by atoms with E-state index in [2.05, 4.69) is 0 Å². The Kier molecular flexibility index (Phi) is 7.06. The molecule has 4 aromatic carbocycles. The number of anilines is 2. The van der Waals surface area contributed by atoms with E-state index in [1.54, 1.807) is 12.1 Å². The van der Waals surface area contributed by atoms with E-state index >= 15 is 0 Å². The van der Waals surface area contributed by atoms with Gasteiger partial charge in [-0.3, -0.25) is 4.79 Å². The zero-order valence-electron chi connectivity index (χ0n) is 20.2. The Bertz CT molecular complexity index is 1270. The molecule has 1 aliphatic carbocycles. The summed E-state index contributed by atoms with van der Waals surface area (Å²) in [5.74, 6) is -0.740. The van der Waals surface area contributed by atoms with Gasteiger partial charge in [0, 0.05) is 17.2 Å². The van der Waals surface area contributed by atoms with Gasteiger partial charge in [-0.15, -0.1) is 0 Å². The smallest absolute Gasteiger partial charge is 0.199 e. The van der Waals surface area contributed by atoms with Crippen molar-refractivity contribution in [3.63, 3.8) is 0 Å². The second kappa shape index (κ2) is 10.7. The van der Waals surface area contributed by atoms with Crippen molar-refractivity contribution in [1.82, 2.24) is 0 Å². The minimum absolute atomic E-state index is 0.292. The van der Waals surface area contributed by atoms with Crippen LogP contribution in [0.5, 0.6) is 0 Å². The summed E-state index contributed by atoms with van der Waals surface area (Å²) in [4.78, 5) is 14.0. The van der Waals surface area contributed by atoms with Gasteiger partial charge in [0.1, 0.15) is 0 Å². The van der Waals surface area contributed by atoms with E-state index in [1.165, 1.54) is 0 Å². The summed E-state index contributed by atoms with van der Waals surface area (Å²) in [5, 5.41) is 19.5. The Balaban J connectivity index is 1.65. The Morgan fingerprint density at radius 1 is 0.722 bits per heavy atom. The minimum atomic E-state index is -1.72. The van der Waals surface area contributed by atoms with Crippen molar-refractivity contribution in [1.29, 1.82) is 0 Å². The molecule has 0 radical (unpaired) electrons. The topological polar surface area (TPSA) is 52.9 Å². The van der Waals surface area contributed by atoms with Crippen LogP contribution in [0, 0.1) is 5.92 Å². The second-order valence-electron chi connectivity index (χ2n) is 9.20. The largest absolute Gasteiger partial charge is 0.376 e. The fraction of sp³-hybridized carbons (Fsp3) is 0.188. The van der Waals surface area contributed by atoms with Crippen LogP contribution in [0.4, 0.5) is 11.4 Å². The van der Waals surface area contributed by atoms with E-state index in [9.17, 15) is 9.90 Å². The summed E-state index contributed by atoms with van der Waals surface area (Å²) in [7, 11) is 0. The molecule has 2 unspecified atom stereocenters. The highest BCUT2D eigenvalue weighted by molar-refractivity contribution is 6.07. The van der Waals surface area contributed by atoms with Gasteiger partial charge >= 0.3 is 0 Å². The molecular weight excluding hydrogens is 444 g/mol. The van der Waals surface area contributed by atoms with Gasteiger partial charge in [0.2, 0.25) is 0 Å². The van der Waals surface area contributed by atoms with E-state index in [0.29, 0.717) is 17.5 Å². The summed E-state index contributed by atoms with van der Waals surface area (Å²) in [6.45, 7) is 0. The molecule has 0 saturated heterocycles. The highest BCUT2D eigenvalue weighted by atomic mass is 16.3. The summed E-state index contributed by atoms with van der Waals surface area (Å²) >= 11 is 0. The van der Waals surface area contributed by atoms with Gasteiger partial charge in [-0.1, -0.05) is 103 Å². The third-order valence-corrected chi connectivity index (χ3v) is 6.91. The van der Waals surface area contributed by atoms with Crippen molar-refractivity contribution in [2.75, 3.05) is 5.01 Å². The first-order valence-corrected chi connectivity index (χ1v) is 12.5. The summed E-state index contributed by atoms with van der Waals surface area (Å²) < 4.78 is 0. The van der Waals surface area contributed by atoms with Crippen molar-refractivity contribution in [3.05, 3.63) is 132 Å². The summed E-state index contributed by atoms with van der Waals surface area (Å²) in [6, 6.07) is 38.4. The van der Waals surface area contributed by atoms with Gasteiger partial charge in [0.15, 0.2) is 11.4 Å². The van der Waals surface area contributed by atoms with Gasteiger partial charge in [-0.25, -0.2) is 5.01 Å². The lowest BCUT2D eigenvalue weighted by atomic mass is 9.69. The fourth-order valence-corrected chi connectivity index (χ4v) is 5.09. The maximum atomic E-state index is 14.0. The zero-order chi connectivity index (χ0) is 24.8. The molecule has 1 fully saturated rings. The number of carbonyl (C=O) groups is 1. The highest BCUT2D eigenvalue weighted by Crippen LogP contribution is 2.41. The number of Topliss-reactive ketones (excluding diaryl/α,β-unsaturated/α-hetero) is 1. The van der Waals surface area contributed by atoms with Crippen LogP contribution in [0.15, 0.2) is 126 Å². The molecule has 4 aromatic rings. The predicted molar refractivity (Wildman–Crippen MR) is 146 cm³/mol. The third kappa shape index (κ3) is 4.73. The van der Waals surface area contributed by atoms with Gasteiger partial charge in [0.05, 0.1) is 11.4 Å². The minimum Gasteiger partial charge on any atom is -0.376 e. The molecule has 1 N–H and O–H groups in total. The van der Waals surface area contributed by atoms with Crippen molar-refractivity contribution < 1.29 is 9.90 Å². The maximum absolute atomic E-state index is 14.0. The monoisotopic (exact) mass is 474 g/mol. The molecule has 4 nitrogen and oxygen atoms in total. The molecule has 1 saturated carbocycles. The van der Waals surface area contributed by atoms with Crippen LogP contribution < -0.4 is 5.01 Å². The molecule has 0 aliphatic heterocycles. The van der Waals surface area contributed by atoms with E-state index < -0.39 is 11.5 Å². The van der Waals surface area contributed by atoms with Gasteiger partial charge in [-0.2, -0.15) is 5.10 Å². The third-order valence-electron chi connectivity index (χ3n) is 6.91. The maximum Gasteiger partial charge on any atom is 0.199 e. The molecule has 0 bridgehead atoms. The molecule has 0 aromatic heterocycles. The van der Waals surface area contributed by atoms with Crippen molar-refractivity contribution in [2.24, 2.45) is 11.0 Å². The number of hydrazone groups is 1. The molecule has 0 heterocycles. The lowest BCUT2D eigenvalue weighted by molar-refractivity contribution is 0.00612. The molecule has 5 rings (SSSR count). The van der Waals surface area contributed by atoms with Crippen LogP contribution in [0.3, 0.4) is 0 Å². The molecule has 4 heteroatoms. The predicted octanol–water partition coefficient (Wildman–Crippen LogP) is 7.14. The molecule has 1 aliphatic rings. The quantitative estimate of drug-likeness (QED) is 0.229. The van der Waals surface area contributed by atoms with Crippen LogP contribution in [0.1, 0.15) is 41.6 Å². The van der Waals surface area contributed by atoms with Crippen LogP contribution >= 0.6 is 0 Å². The van der Waals surface area contributed by atoms with Crippen LogP contribution in [0.2, 0.25) is 0 Å². The average Bonchev–Trinajstić information content (AvgIpc) is 2.97.